The number of rotatable bonds is 7. The zero-order valence-electron chi connectivity index (χ0n) is 10.3. The van der Waals surface area contributed by atoms with Gasteiger partial charge in [-0.25, -0.2) is 4.63 Å². The van der Waals surface area contributed by atoms with Gasteiger partial charge in [-0.15, -0.1) is 0 Å². The molecule has 0 radical (unpaired) electrons. The SMILES string of the molecule is CCC(CC)(CO)CNCc1nonc1C. The van der Waals surface area contributed by atoms with E-state index in [1.165, 1.54) is 0 Å². The lowest BCUT2D eigenvalue weighted by atomic mass is 9.83. The minimum absolute atomic E-state index is 0.0227. The Morgan fingerprint density at radius 2 is 2.00 bits per heavy atom. The van der Waals surface area contributed by atoms with Crippen molar-refractivity contribution in [3.8, 4) is 0 Å². The van der Waals surface area contributed by atoms with Gasteiger partial charge in [-0.3, -0.25) is 0 Å². The smallest absolute Gasteiger partial charge is 0.121 e. The third-order valence-corrected chi connectivity index (χ3v) is 3.37. The molecule has 0 atom stereocenters. The first-order valence-corrected chi connectivity index (χ1v) is 5.77. The van der Waals surface area contributed by atoms with Gasteiger partial charge in [-0.1, -0.05) is 24.2 Å². The molecule has 0 fully saturated rings. The monoisotopic (exact) mass is 227 g/mol. The van der Waals surface area contributed by atoms with E-state index < -0.39 is 0 Å². The fourth-order valence-electron chi connectivity index (χ4n) is 1.64. The lowest BCUT2D eigenvalue weighted by Gasteiger charge is -2.29. The minimum atomic E-state index is -0.0227. The van der Waals surface area contributed by atoms with Crippen LogP contribution in [-0.2, 0) is 6.54 Å². The number of aryl methyl sites for hydroxylation is 1. The standard InChI is InChI=1S/C11H21N3O2/c1-4-11(5-2,8-15)7-12-6-10-9(3)13-16-14-10/h12,15H,4-8H2,1-3H3. The maximum absolute atomic E-state index is 9.40. The molecule has 5 heteroatoms. The number of aromatic nitrogens is 2. The highest BCUT2D eigenvalue weighted by Gasteiger charge is 2.24. The molecule has 5 nitrogen and oxygen atoms in total. The summed E-state index contributed by atoms with van der Waals surface area (Å²) in [7, 11) is 0. The number of hydrogen-bond acceptors (Lipinski definition) is 5. The molecule has 92 valence electrons. The fourth-order valence-corrected chi connectivity index (χ4v) is 1.64. The van der Waals surface area contributed by atoms with Gasteiger partial charge in [0.1, 0.15) is 11.4 Å². The summed E-state index contributed by atoms with van der Waals surface area (Å²) in [6.45, 7) is 7.70. The second kappa shape index (κ2) is 5.96. The summed E-state index contributed by atoms with van der Waals surface area (Å²) in [4.78, 5) is 0. The van der Waals surface area contributed by atoms with Gasteiger partial charge in [0.15, 0.2) is 0 Å². The molecule has 0 aromatic carbocycles. The summed E-state index contributed by atoms with van der Waals surface area (Å²) in [6.07, 6.45) is 1.92. The molecule has 0 bridgehead atoms. The maximum Gasteiger partial charge on any atom is 0.121 e. The second-order valence-electron chi connectivity index (χ2n) is 4.27. The van der Waals surface area contributed by atoms with Crippen molar-refractivity contribution >= 4 is 0 Å². The summed E-state index contributed by atoms with van der Waals surface area (Å²) >= 11 is 0. The summed E-state index contributed by atoms with van der Waals surface area (Å²) in [5, 5.41) is 20.2. The Hall–Kier alpha value is -0.940. The number of nitrogens with zero attached hydrogens (tertiary/aromatic N) is 2. The first-order chi connectivity index (χ1) is 7.67. The van der Waals surface area contributed by atoms with Gasteiger partial charge in [0.05, 0.1) is 0 Å². The lowest BCUT2D eigenvalue weighted by Crippen LogP contribution is -2.36. The van der Waals surface area contributed by atoms with E-state index in [9.17, 15) is 5.11 Å². The van der Waals surface area contributed by atoms with Crippen LogP contribution in [0.5, 0.6) is 0 Å². The Bertz CT molecular complexity index is 300. The quantitative estimate of drug-likeness (QED) is 0.734. The van der Waals surface area contributed by atoms with Crippen molar-refractivity contribution in [2.45, 2.75) is 40.2 Å². The molecule has 0 saturated carbocycles. The van der Waals surface area contributed by atoms with E-state index in [0.29, 0.717) is 6.54 Å². The zero-order valence-corrected chi connectivity index (χ0v) is 10.3. The number of aliphatic hydroxyl groups excluding tert-OH is 1. The van der Waals surface area contributed by atoms with E-state index in [4.69, 9.17) is 0 Å². The van der Waals surface area contributed by atoms with Gasteiger partial charge in [-0.05, 0) is 19.8 Å². The van der Waals surface area contributed by atoms with Crippen molar-refractivity contribution in [2.75, 3.05) is 13.2 Å². The van der Waals surface area contributed by atoms with Crippen molar-refractivity contribution < 1.29 is 9.74 Å². The Morgan fingerprint density at radius 3 is 2.44 bits per heavy atom. The first kappa shape index (κ1) is 13.1. The molecule has 1 heterocycles. The Labute approximate surface area is 96.2 Å². The number of hydrogen-bond donors (Lipinski definition) is 2. The van der Waals surface area contributed by atoms with Crippen LogP contribution in [0, 0.1) is 12.3 Å². The van der Waals surface area contributed by atoms with Crippen molar-refractivity contribution in [2.24, 2.45) is 5.41 Å². The average molecular weight is 227 g/mol. The molecule has 0 unspecified atom stereocenters. The Balaban J connectivity index is 2.42. The van der Waals surface area contributed by atoms with Crippen molar-refractivity contribution in [3.05, 3.63) is 11.4 Å². The van der Waals surface area contributed by atoms with Crippen molar-refractivity contribution in [1.29, 1.82) is 0 Å². The summed E-state index contributed by atoms with van der Waals surface area (Å²) in [6, 6.07) is 0. The normalized spacial score (nSPS) is 12.0. The van der Waals surface area contributed by atoms with Crippen molar-refractivity contribution in [1.82, 2.24) is 15.6 Å². The van der Waals surface area contributed by atoms with E-state index >= 15 is 0 Å². The highest BCUT2D eigenvalue weighted by Crippen LogP contribution is 2.24. The molecule has 0 spiro atoms. The zero-order chi connectivity index (χ0) is 12.0. The van der Waals surface area contributed by atoms with E-state index in [-0.39, 0.29) is 12.0 Å². The van der Waals surface area contributed by atoms with Crippen LogP contribution < -0.4 is 5.32 Å². The van der Waals surface area contributed by atoms with Crippen LogP contribution in [-0.4, -0.2) is 28.6 Å². The molecule has 2 N–H and O–H groups in total. The molecule has 16 heavy (non-hydrogen) atoms. The molecule has 0 aliphatic rings. The summed E-state index contributed by atoms with van der Waals surface area (Å²) in [5.41, 5.74) is 1.62. The highest BCUT2D eigenvalue weighted by molar-refractivity contribution is 5.03. The van der Waals surface area contributed by atoms with E-state index in [2.05, 4.69) is 34.1 Å². The molecule has 0 amide bonds. The van der Waals surface area contributed by atoms with Crippen LogP contribution in [0.4, 0.5) is 0 Å². The lowest BCUT2D eigenvalue weighted by molar-refractivity contribution is 0.112. The van der Waals surface area contributed by atoms with Crippen LogP contribution in [0.2, 0.25) is 0 Å². The highest BCUT2D eigenvalue weighted by atomic mass is 16.6. The maximum atomic E-state index is 9.40. The van der Waals surface area contributed by atoms with Gasteiger partial charge >= 0.3 is 0 Å². The number of aliphatic hydroxyl groups is 1. The average Bonchev–Trinajstić information content (AvgIpc) is 2.71. The van der Waals surface area contributed by atoms with Crippen LogP contribution >= 0.6 is 0 Å². The fraction of sp³-hybridized carbons (Fsp3) is 0.818. The minimum Gasteiger partial charge on any atom is -0.396 e. The van der Waals surface area contributed by atoms with Crippen LogP contribution in [0.1, 0.15) is 38.1 Å². The predicted octanol–water partition coefficient (Wildman–Crippen LogP) is 1.27. The van der Waals surface area contributed by atoms with Gasteiger partial charge in [0, 0.05) is 25.1 Å². The summed E-state index contributed by atoms with van der Waals surface area (Å²) < 4.78 is 4.62. The second-order valence-corrected chi connectivity index (χ2v) is 4.27. The third-order valence-electron chi connectivity index (χ3n) is 3.37. The van der Waals surface area contributed by atoms with Crippen LogP contribution in [0.15, 0.2) is 4.63 Å². The molecule has 0 aliphatic heterocycles. The molecule has 1 aromatic rings. The van der Waals surface area contributed by atoms with Gasteiger partial charge < -0.3 is 10.4 Å². The predicted molar refractivity (Wildman–Crippen MR) is 60.8 cm³/mol. The molecular weight excluding hydrogens is 206 g/mol. The summed E-state index contributed by atoms with van der Waals surface area (Å²) in [5.74, 6) is 0. The molecular formula is C11H21N3O2. The van der Waals surface area contributed by atoms with Crippen molar-refractivity contribution in [3.63, 3.8) is 0 Å². The third kappa shape index (κ3) is 3.02. The molecule has 1 rings (SSSR count). The van der Waals surface area contributed by atoms with Gasteiger partial charge in [0.25, 0.3) is 0 Å². The molecule has 0 saturated heterocycles. The molecule has 0 aliphatic carbocycles. The van der Waals surface area contributed by atoms with Crippen LogP contribution in [0.3, 0.4) is 0 Å². The number of nitrogens with one attached hydrogen (secondary N) is 1. The van der Waals surface area contributed by atoms with E-state index in [0.717, 1.165) is 30.8 Å². The van der Waals surface area contributed by atoms with E-state index in [1.807, 2.05) is 6.92 Å². The van der Waals surface area contributed by atoms with E-state index in [1.54, 1.807) is 0 Å². The van der Waals surface area contributed by atoms with Crippen LogP contribution in [0.25, 0.3) is 0 Å². The molecule has 1 aromatic heterocycles. The first-order valence-electron chi connectivity index (χ1n) is 5.77. The topological polar surface area (TPSA) is 71.2 Å². The Morgan fingerprint density at radius 1 is 1.31 bits per heavy atom. The Kier molecular flexibility index (Phi) is 4.89. The van der Waals surface area contributed by atoms with Gasteiger partial charge in [0.2, 0.25) is 0 Å². The largest absolute Gasteiger partial charge is 0.396 e. The van der Waals surface area contributed by atoms with Gasteiger partial charge in [-0.2, -0.15) is 0 Å².